The van der Waals surface area contributed by atoms with Crippen molar-refractivity contribution >= 4 is 0 Å². The molecule has 6 heteroatoms. The molecular formula is C11H15N5O. The third kappa shape index (κ3) is 2.59. The molecule has 1 unspecified atom stereocenters. The number of nitrogens with one attached hydrogen (secondary N) is 1. The smallest absolute Gasteiger partial charge is 0.183 e. The summed E-state index contributed by atoms with van der Waals surface area (Å²) in [7, 11) is 0. The van der Waals surface area contributed by atoms with Gasteiger partial charge < -0.3 is 10.5 Å². The highest BCUT2D eigenvalue weighted by atomic mass is 16.5. The number of rotatable bonds is 5. The lowest BCUT2D eigenvalue weighted by Gasteiger charge is -2.11. The van der Waals surface area contributed by atoms with Gasteiger partial charge in [0.15, 0.2) is 5.82 Å². The van der Waals surface area contributed by atoms with Gasteiger partial charge in [0, 0.05) is 6.54 Å². The summed E-state index contributed by atoms with van der Waals surface area (Å²) in [6.45, 7) is 3.05. The van der Waals surface area contributed by atoms with Crippen LogP contribution in [0.5, 0.6) is 5.75 Å². The Hall–Kier alpha value is -1.95. The predicted octanol–water partition coefficient (Wildman–Crippen LogP) is 0.689. The highest BCUT2D eigenvalue weighted by molar-refractivity contribution is 5.32. The Morgan fingerprint density at radius 2 is 2.12 bits per heavy atom. The average Bonchev–Trinajstić information content (AvgIpc) is 2.86. The lowest BCUT2D eigenvalue weighted by molar-refractivity contribution is 0.340. The maximum absolute atomic E-state index is 5.74. The molecule has 1 aromatic heterocycles. The van der Waals surface area contributed by atoms with E-state index in [0.29, 0.717) is 19.0 Å². The van der Waals surface area contributed by atoms with Crippen LogP contribution in [0.1, 0.15) is 24.2 Å². The fourth-order valence-corrected chi connectivity index (χ4v) is 1.67. The summed E-state index contributed by atoms with van der Waals surface area (Å²) in [4.78, 5) is 0. The van der Waals surface area contributed by atoms with Gasteiger partial charge in [0.1, 0.15) is 5.75 Å². The quantitative estimate of drug-likeness (QED) is 0.793. The Labute approximate surface area is 99.2 Å². The van der Waals surface area contributed by atoms with E-state index in [0.717, 1.165) is 11.3 Å². The topological polar surface area (TPSA) is 89.7 Å². The first-order valence-electron chi connectivity index (χ1n) is 5.51. The molecule has 0 aliphatic rings. The molecule has 90 valence electrons. The predicted molar refractivity (Wildman–Crippen MR) is 62.7 cm³/mol. The molecule has 0 aliphatic carbocycles. The lowest BCUT2D eigenvalue weighted by atomic mass is 9.98. The van der Waals surface area contributed by atoms with Crippen LogP contribution in [0.2, 0.25) is 0 Å². The van der Waals surface area contributed by atoms with Gasteiger partial charge in [0.05, 0.1) is 12.5 Å². The molecule has 0 saturated carbocycles. The van der Waals surface area contributed by atoms with Gasteiger partial charge in [-0.15, -0.1) is 10.2 Å². The van der Waals surface area contributed by atoms with Crippen LogP contribution in [-0.4, -0.2) is 33.8 Å². The maximum Gasteiger partial charge on any atom is 0.183 e. The van der Waals surface area contributed by atoms with Crippen LogP contribution < -0.4 is 10.5 Å². The molecule has 1 atom stereocenters. The molecule has 0 aliphatic heterocycles. The number of ether oxygens (including phenoxy) is 1. The standard InChI is InChI=1S/C11H15N5O/c1-2-17-9-5-3-8(4-6-9)10(7-12)11-13-15-16-14-11/h3-6,10H,2,7,12H2,1H3,(H,13,14,15,16). The van der Waals surface area contributed by atoms with E-state index in [1.165, 1.54) is 0 Å². The third-order valence-corrected chi connectivity index (χ3v) is 2.50. The second-order valence-electron chi connectivity index (χ2n) is 3.56. The first-order valence-corrected chi connectivity index (χ1v) is 5.51. The van der Waals surface area contributed by atoms with E-state index in [1.807, 2.05) is 31.2 Å². The zero-order valence-electron chi connectivity index (χ0n) is 9.63. The second kappa shape index (κ2) is 5.40. The average molecular weight is 233 g/mol. The van der Waals surface area contributed by atoms with Gasteiger partial charge in [-0.05, 0) is 24.6 Å². The minimum Gasteiger partial charge on any atom is -0.494 e. The number of hydrogen-bond acceptors (Lipinski definition) is 5. The summed E-state index contributed by atoms with van der Waals surface area (Å²) < 4.78 is 5.38. The molecule has 0 fully saturated rings. The lowest BCUT2D eigenvalue weighted by Crippen LogP contribution is -2.15. The van der Waals surface area contributed by atoms with Crippen LogP contribution in [0.25, 0.3) is 0 Å². The first-order chi connectivity index (χ1) is 8.35. The highest BCUT2D eigenvalue weighted by Gasteiger charge is 2.16. The van der Waals surface area contributed by atoms with Crippen molar-refractivity contribution in [2.45, 2.75) is 12.8 Å². The van der Waals surface area contributed by atoms with Gasteiger partial charge in [0.2, 0.25) is 0 Å². The minimum absolute atomic E-state index is 0.0376. The van der Waals surface area contributed by atoms with Crippen LogP contribution in [0.15, 0.2) is 24.3 Å². The van der Waals surface area contributed by atoms with E-state index >= 15 is 0 Å². The monoisotopic (exact) mass is 233 g/mol. The van der Waals surface area contributed by atoms with Crippen molar-refractivity contribution in [2.24, 2.45) is 5.73 Å². The van der Waals surface area contributed by atoms with Crippen LogP contribution >= 0.6 is 0 Å². The van der Waals surface area contributed by atoms with Crippen LogP contribution in [0, 0.1) is 0 Å². The van der Waals surface area contributed by atoms with Crippen LogP contribution in [-0.2, 0) is 0 Å². The van der Waals surface area contributed by atoms with E-state index in [1.54, 1.807) is 0 Å². The molecule has 1 aromatic carbocycles. The zero-order valence-corrected chi connectivity index (χ0v) is 9.63. The Bertz CT molecular complexity index is 439. The first kappa shape index (κ1) is 11.5. The number of nitrogens with zero attached hydrogens (tertiary/aromatic N) is 3. The van der Waals surface area contributed by atoms with Crippen molar-refractivity contribution in [1.82, 2.24) is 20.6 Å². The summed E-state index contributed by atoms with van der Waals surface area (Å²) in [5.74, 6) is 1.42. The van der Waals surface area contributed by atoms with E-state index < -0.39 is 0 Å². The second-order valence-corrected chi connectivity index (χ2v) is 3.56. The van der Waals surface area contributed by atoms with Gasteiger partial charge in [-0.3, -0.25) is 0 Å². The Balaban J connectivity index is 2.20. The molecule has 1 heterocycles. The van der Waals surface area contributed by atoms with Crippen molar-refractivity contribution in [1.29, 1.82) is 0 Å². The maximum atomic E-state index is 5.74. The molecule has 0 saturated heterocycles. The van der Waals surface area contributed by atoms with E-state index in [-0.39, 0.29) is 5.92 Å². The number of hydrogen-bond donors (Lipinski definition) is 2. The van der Waals surface area contributed by atoms with Gasteiger partial charge in [-0.2, -0.15) is 5.21 Å². The molecule has 0 spiro atoms. The van der Waals surface area contributed by atoms with Gasteiger partial charge in [0.25, 0.3) is 0 Å². The Kier molecular flexibility index (Phi) is 3.66. The number of H-pyrrole nitrogens is 1. The number of tetrazole rings is 1. The molecule has 0 bridgehead atoms. The van der Waals surface area contributed by atoms with Gasteiger partial charge in [-0.25, -0.2) is 0 Å². The summed E-state index contributed by atoms with van der Waals surface area (Å²) in [6.07, 6.45) is 0. The normalized spacial score (nSPS) is 12.4. The number of nitrogens with two attached hydrogens (primary N) is 1. The van der Waals surface area contributed by atoms with Crippen LogP contribution in [0.3, 0.4) is 0 Å². The van der Waals surface area contributed by atoms with Crippen molar-refractivity contribution in [3.8, 4) is 5.75 Å². The van der Waals surface area contributed by atoms with Crippen molar-refractivity contribution in [3.05, 3.63) is 35.7 Å². The van der Waals surface area contributed by atoms with E-state index in [9.17, 15) is 0 Å². The van der Waals surface area contributed by atoms with E-state index in [4.69, 9.17) is 10.5 Å². The van der Waals surface area contributed by atoms with Gasteiger partial charge >= 0.3 is 0 Å². The number of benzene rings is 1. The highest BCUT2D eigenvalue weighted by Crippen LogP contribution is 2.22. The molecule has 6 nitrogen and oxygen atoms in total. The minimum atomic E-state index is -0.0376. The number of aromatic amines is 1. The fraction of sp³-hybridized carbons (Fsp3) is 0.364. The fourth-order valence-electron chi connectivity index (χ4n) is 1.67. The van der Waals surface area contributed by atoms with Crippen molar-refractivity contribution < 1.29 is 4.74 Å². The molecule has 0 radical (unpaired) electrons. The number of aromatic nitrogens is 4. The summed E-state index contributed by atoms with van der Waals surface area (Å²) in [6, 6.07) is 7.78. The molecule has 3 N–H and O–H groups in total. The SMILES string of the molecule is CCOc1ccc(C(CN)c2nn[nH]n2)cc1. The molecular weight excluding hydrogens is 218 g/mol. The Morgan fingerprint density at radius 3 is 2.65 bits per heavy atom. The summed E-state index contributed by atoms with van der Waals surface area (Å²) >= 11 is 0. The summed E-state index contributed by atoms with van der Waals surface area (Å²) in [5, 5.41) is 13.9. The molecule has 2 rings (SSSR count). The van der Waals surface area contributed by atoms with Crippen molar-refractivity contribution in [3.63, 3.8) is 0 Å². The zero-order chi connectivity index (χ0) is 12.1. The molecule has 0 amide bonds. The van der Waals surface area contributed by atoms with Crippen molar-refractivity contribution in [2.75, 3.05) is 13.2 Å². The largest absolute Gasteiger partial charge is 0.494 e. The molecule has 17 heavy (non-hydrogen) atoms. The van der Waals surface area contributed by atoms with E-state index in [2.05, 4.69) is 20.6 Å². The van der Waals surface area contributed by atoms with Crippen LogP contribution in [0.4, 0.5) is 0 Å². The third-order valence-electron chi connectivity index (χ3n) is 2.50. The summed E-state index contributed by atoms with van der Waals surface area (Å²) in [5.41, 5.74) is 6.79. The Morgan fingerprint density at radius 1 is 1.35 bits per heavy atom. The van der Waals surface area contributed by atoms with Gasteiger partial charge in [-0.1, -0.05) is 17.3 Å². The molecule has 2 aromatic rings.